The lowest BCUT2D eigenvalue weighted by molar-refractivity contribution is -0.114. The summed E-state index contributed by atoms with van der Waals surface area (Å²) >= 11 is 1.33. The lowest BCUT2D eigenvalue weighted by Crippen LogP contribution is -2.35. The number of nitrogens with zero attached hydrogens (tertiary/aromatic N) is 3. The van der Waals surface area contributed by atoms with Crippen molar-refractivity contribution in [1.82, 2.24) is 5.01 Å². The number of hydrogen-bond donors (Lipinski definition) is 1. The lowest BCUT2D eigenvalue weighted by atomic mass is 10.1. The van der Waals surface area contributed by atoms with E-state index in [-0.39, 0.29) is 22.4 Å². The molecule has 1 aromatic heterocycles. The predicted molar refractivity (Wildman–Crippen MR) is 107 cm³/mol. The molecule has 5 rings (SSSR count). The molecule has 1 fully saturated rings. The number of carbonyl (C=O) groups excluding carboxylic acids is 1. The molecule has 0 atom stereocenters. The molecule has 2 aromatic rings. The lowest BCUT2D eigenvalue weighted by Gasteiger charge is -2.20. The van der Waals surface area contributed by atoms with E-state index in [1.165, 1.54) is 36.2 Å². The highest BCUT2D eigenvalue weighted by Crippen LogP contribution is 2.40. The minimum atomic E-state index is -0.568. The molecule has 8 nitrogen and oxygen atoms in total. The summed E-state index contributed by atoms with van der Waals surface area (Å²) in [7, 11) is 1.51. The van der Waals surface area contributed by atoms with E-state index in [2.05, 4.69) is 10.1 Å². The fourth-order valence-corrected chi connectivity index (χ4v) is 4.07. The maximum absolute atomic E-state index is 12.8. The van der Waals surface area contributed by atoms with Crippen molar-refractivity contribution in [3.8, 4) is 5.75 Å². The van der Waals surface area contributed by atoms with Gasteiger partial charge in [-0.3, -0.25) is 15.0 Å². The average molecular weight is 394 g/mol. The maximum atomic E-state index is 12.8. The van der Waals surface area contributed by atoms with Crippen molar-refractivity contribution in [2.24, 2.45) is 16.0 Å². The summed E-state index contributed by atoms with van der Waals surface area (Å²) in [5.41, 5.74) is 0.249. The molecule has 0 unspecified atom stereocenters. The Hall–Kier alpha value is -3.20. The van der Waals surface area contributed by atoms with Gasteiger partial charge in [0.25, 0.3) is 5.91 Å². The first-order valence-electron chi connectivity index (χ1n) is 8.65. The Bertz CT molecular complexity index is 1210. The standard InChI is InChI=1S/C19H14N4O4S/c1-26-11-4-5-14-12(7-11)15(24)10(8-27-14)6-13-16(20)23-19(21-17(13)25)28-18(22-23)9-2-3-9/h4-9,20H,2-3H2,1H3. The van der Waals surface area contributed by atoms with Gasteiger partial charge in [-0.15, -0.1) is 0 Å². The van der Waals surface area contributed by atoms with E-state index < -0.39 is 5.91 Å². The first kappa shape index (κ1) is 16.9. The normalized spacial score (nSPS) is 20.5. The van der Waals surface area contributed by atoms with Crippen LogP contribution < -0.4 is 10.2 Å². The third-order valence-corrected chi connectivity index (χ3v) is 5.77. The molecule has 1 amide bonds. The quantitative estimate of drug-likeness (QED) is 0.802. The topological polar surface area (TPSA) is 108 Å². The number of thioether (sulfide) groups is 1. The number of amides is 1. The second kappa shape index (κ2) is 6.16. The van der Waals surface area contributed by atoms with Crippen LogP contribution in [0.5, 0.6) is 5.75 Å². The minimum Gasteiger partial charge on any atom is -0.497 e. The first-order valence-corrected chi connectivity index (χ1v) is 9.46. The molecule has 140 valence electrons. The summed E-state index contributed by atoms with van der Waals surface area (Å²) in [6.45, 7) is 0. The van der Waals surface area contributed by atoms with Crippen LogP contribution in [0.4, 0.5) is 0 Å². The number of carbonyl (C=O) groups is 1. The molecular weight excluding hydrogens is 380 g/mol. The number of ether oxygens (including phenoxy) is 1. The number of nitrogens with one attached hydrogen (secondary N) is 1. The predicted octanol–water partition coefficient (Wildman–Crippen LogP) is 2.83. The highest BCUT2D eigenvalue weighted by atomic mass is 32.2. The first-order chi connectivity index (χ1) is 13.5. The fraction of sp³-hybridized carbons (Fsp3) is 0.211. The third-order valence-electron chi connectivity index (χ3n) is 4.70. The number of rotatable bonds is 3. The number of benzene rings is 1. The molecule has 1 aromatic carbocycles. The van der Waals surface area contributed by atoms with Crippen molar-refractivity contribution >= 4 is 50.8 Å². The number of hydrazone groups is 1. The highest BCUT2D eigenvalue weighted by Gasteiger charge is 2.40. The van der Waals surface area contributed by atoms with Crippen molar-refractivity contribution in [2.45, 2.75) is 12.8 Å². The van der Waals surface area contributed by atoms with Crippen molar-refractivity contribution in [2.75, 3.05) is 7.11 Å². The van der Waals surface area contributed by atoms with Crippen molar-refractivity contribution < 1.29 is 13.9 Å². The Morgan fingerprint density at radius 3 is 2.93 bits per heavy atom. The van der Waals surface area contributed by atoms with E-state index in [1.807, 2.05) is 0 Å². The summed E-state index contributed by atoms with van der Waals surface area (Å²) in [6.07, 6.45) is 4.75. The van der Waals surface area contributed by atoms with E-state index >= 15 is 0 Å². The molecule has 28 heavy (non-hydrogen) atoms. The van der Waals surface area contributed by atoms with Crippen LogP contribution in [0.3, 0.4) is 0 Å². The Balaban J connectivity index is 1.57. The molecule has 1 N–H and O–H groups in total. The van der Waals surface area contributed by atoms with Gasteiger partial charge in [0.1, 0.15) is 22.6 Å². The van der Waals surface area contributed by atoms with Gasteiger partial charge in [-0.25, -0.2) is 0 Å². The van der Waals surface area contributed by atoms with E-state index in [4.69, 9.17) is 14.6 Å². The molecule has 1 saturated carbocycles. The SMILES string of the molecule is COc1ccc2occ(C=C3C(=N)N4N=C(C5CC5)SC4=NC3=O)c(=O)c2c1. The number of aliphatic imine (C=N–C) groups is 1. The van der Waals surface area contributed by atoms with Crippen LogP contribution in [0.1, 0.15) is 18.4 Å². The van der Waals surface area contributed by atoms with E-state index in [0.29, 0.717) is 27.8 Å². The number of hydrogen-bond acceptors (Lipinski definition) is 7. The van der Waals surface area contributed by atoms with Crippen molar-refractivity contribution in [3.63, 3.8) is 0 Å². The fourth-order valence-electron chi connectivity index (χ4n) is 3.01. The molecule has 0 spiro atoms. The largest absolute Gasteiger partial charge is 0.497 e. The van der Waals surface area contributed by atoms with Crippen LogP contribution >= 0.6 is 11.8 Å². The second-order valence-electron chi connectivity index (χ2n) is 6.61. The smallest absolute Gasteiger partial charge is 0.283 e. The van der Waals surface area contributed by atoms with Crippen LogP contribution in [0.15, 0.2) is 49.3 Å². The number of methoxy groups -OCH3 is 1. The van der Waals surface area contributed by atoms with E-state index in [9.17, 15) is 9.59 Å². The van der Waals surface area contributed by atoms with Gasteiger partial charge in [0.05, 0.1) is 23.6 Å². The van der Waals surface area contributed by atoms with E-state index in [0.717, 1.165) is 17.9 Å². The molecular formula is C19H14N4O4S. The zero-order valence-electron chi connectivity index (χ0n) is 14.8. The molecule has 1 aliphatic carbocycles. The van der Waals surface area contributed by atoms with Crippen molar-refractivity contribution in [1.29, 1.82) is 5.41 Å². The summed E-state index contributed by atoms with van der Waals surface area (Å²) < 4.78 is 10.7. The van der Waals surface area contributed by atoms with Crippen LogP contribution in [0.25, 0.3) is 17.0 Å². The highest BCUT2D eigenvalue weighted by molar-refractivity contribution is 8.27. The van der Waals surface area contributed by atoms with Gasteiger partial charge in [-0.05, 0) is 48.9 Å². The van der Waals surface area contributed by atoms with Gasteiger partial charge < -0.3 is 9.15 Å². The van der Waals surface area contributed by atoms with Gasteiger partial charge in [0.15, 0.2) is 11.3 Å². The molecule has 0 bridgehead atoms. The zero-order chi connectivity index (χ0) is 19.4. The molecule has 2 aliphatic heterocycles. The monoisotopic (exact) mass is 394 g/mol. The Morgan fingerprint density at radius 1 is 1.36 bits per heavy atom. The van der Waals surface area contributed by atoms with Crippen LogP contribution in [-0.2, 0) is 4.79 Å². The van der Waals surface area contributed by atoms with Gasteiger partial charge in [-0.1, -0.05) is 0 Å². The van der Waals surface area contributed by atoms with Crippen LogP contribution in [0.2, 0.25) is 0 Å². The average Bonchev–Trinajstić information content (AvgIpc) is 3.46. The van der Waals surface area contributed by atoms with Gasteiger partial charge in [-0.2, -0.15) is 15.1 Å². The third kappa shape index (κ3) is 2.66. The van der Waals surface area contributed by atoms with Gasteiger partial charge in [0, 0.05) is 5.92 Å². The maximum Gasteiger partial charge on any atom is 0.283 e. The molecule has 0 radical (unpaired) electrons. The number of amidine groups is 2. The van der Waals surface area contributed by atoms with Gasteiger partial charge in [0.2, 0.25) is 5.17 Å². The Morgan fingerprint density at radius 2 is 2.18 bits per heavy atom. The summed E-state index contributed by atoms with van der Waals surface area (Å²) in [6, 6.07) is 4.92. The summed E-state index contributed by atoms with van der Waals surface area (Å²) in [5, 5.41) is 15.8. The van der Waals surface area contributed by atoms with Crippen molar-refractivity contribution in [3.05, 3.63) is 45.8 Å². The second-order valence-corrected chi connectivity index (χ2v) is 7.60. The Kier molecular flexibility index (Phi) is 3.73. The molecule has 0 saturated heterocycles. The van der Waals surface area contributed by atoms with Gasteiger partial charge >= 0.3 is 0 Å². The number of fused-ring (bicyclic) bond motifs is 2. The van der Waals surface area contributed by atoms with Crippen LogP contribution in [0, 0.1) is 11.3 Å². The zero-order valence-corrected chi connectivity index (χ0v) is 15.6. The minimum absolute atomic E-state index is 0.000284. The molecule has 3 aliphatic rings. The Labute approximate surface area is 163 Å². The molecule has 9 heteroatoms. The van der Waals surface area contributed by atoms with Crippen LogP contribution in [-0.4, -0.2) is 34.1 Å². The summed E-state index contributed by atoms with van der Waals surface area (Å²) in [4.78, 5) is 29.4. The molecule has 3 heterocycles. The van der Waals surface area contributed by atoms with E-state index in [1.54, 1.807) is 18.2 Å². The summed E-state index contributed by atoms with van der Waals surface area (Å²) in [5.74, 6) is 0.261.